The zero-order valence-corrected chi connectivity index (χ0v) is 8.52. The highest BCUT2D eigenvalue weighted by Gasteiger charge is 2.31. The number of fused-ring (bicyclic) bond motifs is 1. The molecule has 0 saturated carbocycles. The summed E-state index contributed by atoms with van der Waals surface area (Å²) < 4.78 is 0. The summed E-state index contributed by atoms with van der Waals surface area (Å²) in [5.74, 6) is 0. The molecule has 0 fully saturated rings. The lowest BCUT2D eigenvalue weighted by atomic mass is 9.82. The highest BCUT2D eigenvalue weighted by molar-refractivity contribution is 5.21. The molecule has 13 heavy (non-hydrogen) atoms. The standard InChI is InChI=1S/C10H17N3/c1-10(2,3)9-8-7(4-5-11-9)12-6-13-8/h6,9,11H,4-5H2,1-3H3,(H,12,13). The summed E-state index contributed by atoms with van der Waals surface area (Å²) in [5, 5.41) is 3.52. The number of hydrogen-bond acceptors (Lipinski definition) is 2. The van der Waals surface area contributed by atoms with Crippen molar-refractivity contribution in [3.05, 3.63) is 17.7 Å². The third-order valence-corrected chi connectivity index (χ3v) is 2.61. The lowest BCUT2D eigenvalue weighted by Gasteiger charge is -2.33. The van der Waals surface area contributed by atoms with E-state index in [1.807, 2.05) is 0 Å². The van der Waals surface area contributed by atoms with Gasteiger partial charge in [0.25, 0.3) is 0 Å². The van der Waals surface area contributed by atoms with E-state index in [0.29, 0.717) is 6.04 Å². The molecule has 2 heterocycles. The maximum Gasteiger partial charge on any atom is 0.0925 e. The van der Waals surface area contributed by atoms with Gasteiger partial charge in [0.15, 0.2) is 0 Å². The Bertz CT molecular complexity index is 295. The van der Waals surface area contributed by atoms with E-state index in [-0.39, 0.29) is 5.41 Å². The van der Waals surface area contributed by atoms with Gasteiger partial charge in [-0.05, 0) is 5.41 Å². The molecule has 2 N–H and O–H groups in total. The Morgan fingerprint density at radius 3 is 2.92 bits per heavy atom. The number of imidazole rings is 1. The molecule has 0 bridgehead atoms. The van der Waals surface area contributed by atoms with Crippen LogP contribution in [0.1, 0.15) is 38.2 Å². The average molecular weight is 179 g/mol. The molecule has 0 spiro atoms. The molecule has 1 unspecified atom stereocenters. The summed E-state index contributed by atoms with van der Waals surface area (Å²) in [6, 6.07) is 0.391. The Labute approximate surface area is 79.0 Å². The van der Waals surface area contributed by atoms with Gasteiger partial charge in [-0.1, -0.05) is 20.8 Å². The van der Waals surface area contributed by atoms with E-state index < -0.39 is 0 Å². The number of nitrogens with zero attached hydrogens (tertiary/aromatic N) is 1. The molecule has 0 aliphatic carbocycles. The normalized spacial score (nSPS) is 22.8. The minimum Gasteiger partial charge on any atom is -0.348 e. The molecule has 72 valence electrons. The molecule has 1 aromatic heterocycles. The highest BCUT2D eigenvalue weighted by Crippen LogP contribution is 2.34. The van der Waals surface area contributed by atoms with Crippen molar-refractivity contribution in [1.82, 2.24) is 15.3 Å². The predicted molar refractivity (Wildman–Crippen MR) is 52.5 cm³/mol. The first-order valence-corrected chi connectivity index (χ1v) is 4.84. The third-order valence-electron chi connectivity index (χ3n) is 2.61. The Kier molecular flexibility index (Phi) is 1.91. The Morgan fingerprint density at radius 1 is 1.46 bits per heavy atom. The van der Waals surface area contributed by atoms with E-state index in [9.17, 15) is 0 Å². The molecular formula is C10H17N3. The summed E-state index contributed by atoms with van der Waals surface area (Å²) >= 11 is 0. The molecule has 0 amide bonds. The first-order valence-electron chi connectivity index (χ1n) is 4.84. The monoisotopic (exact) mass is 179 g/mol. The summed E-state index contributed by atoms with van der Waals surface area (Å²) in [6.07, 6.45) is 2.87. The van der Waals surface area contributed by atoms with Crippen LogP contribution < -0.4 is 5.32 Å². The number of aromatic nitrogens is 2. The smallest absolute Gasteiger partial charge is 0.0925 e. The molecule has 0 radical (unpaired) electrons. The molecular weight excluding hydrogens is 162 g/mol. The van der Waals surface area contributed by atoms with E-state index in [0.717, 1.165) is 13.0 Å². The van der Waals surface area contributed by atoms with E-state index in [1.165, 1.54) is 11.4 Å². The summed E-state index contributed by atoms with van der Waals surface area (Å²) in [5.41, 5.74) is 2.75. The van der Waals surface area contributed by atoms with Crippen molar-refractivity contribution in [2.45, 2.75) is 33.2 Å². The second kappa shape index (κ2) is 2.84. The van der Waals surface area contributed by atoms with Gasteiger partial charge in [0.05, 0.1) is 18.1 Å². The number of hydrogen-bond donors (Lipinski definition) is 2. The van der Waals surface area contributed by atoms with Crippen LogP contribution in [0.3, 0.4) is 0 Å². The van der Waals surface area contributed by atoms with Crippen LogP contribution in [-0.2, 0) is 6.42 Å². The summed E-state index contributed by atoms with van der Waals surface area (Å²) in [7, 11) is 0. The van der Waals surface area contributed by atoms with Crippen LogP contribution in [0.5, 0.6) is 0 Å². The van der Waals surface area contributed by atoms with Gasteiger partial charge in [-0.3, -0.25) is 0 Å². The van der Waals surface area contributed by atoms with E-state index in [4.69, 9.17) is 0 Å². The van der Waals surface area contributed by atoms with Crippen molar-refractivity contribution in [2.24, 2.45) is 5.41 Å². The van der Waals surface area contributed by atoms with E-state index >= 15 is 0 Å². The minimum absolute atomic E-state index is 0.240. The number of rotatable bonds is 0. The van der Waals surface area contributed by atoms with Crippen LogP contribution in [0.25, 0.3) is 0 Å². The summed E-state index contributed by atoms with van der Waals surface area (Å²) in [6.45, 7) is 7.79. The van der Waals surface area contributed by atoms with E-state index in [1.54, 1.807) is 6.33 Å². The van der Waals surface area contributed by atoms with Crippen molar-refractivity contribution < 1.29 is 0 Å². The van der Waals surface area contributed by atoms with Crippen LogP contribution in [0.2, 0.25) is 0 Å². The average Bonchev–Trinajstić information content (AvgIpc) is 2.48. The van der Waals surface area contributed by atoms with Crippen molar-refractivity contribution in [3.63, 3.8) is 0 Å². The van der Waals surface area contributed by atoms with Gasteiger partial charge in [0, 0.05) is 18.7 Å². The molecule has 1 aliphatic heterocycles. The maximum atomic E-state index is 4.39. The Balaban J connectivity index is 2.35. The molecule has 1 aliphatic rings. The third kappa shape index (κ3) is 1.48. The number of aromatic amines is 1. The van der Waals surface area contributed by atoms with Gasteiger partial charge in [-0.15, -0.1) is 0 Å². The van der Waals surface area contributed by atoms with Crippen molar-refractivity contribution in [3.8, 4) is 0 Å². The molecule has 2 rings (SSSR count). The van der Waals surface area contributed by atoms with Crippen LogP contribution in [0.4, 0.5) is 0 Å². The van der Waals surface area contributed by atoms with Gasteiger partial charge in [0.1, 0.15) is 0 Å². The van der Waals surface area contributed by atoms with Crippen LogP contribution in [-0.4, -0.2) is 16.5 Å². The molecule has 0 saturated heterocycles. The zero-order chi connectivity index (χ0) is 9.47. The lowest BCUT2D eigenvalue weighted by Crippen LogP contribution is -2.37. The van der Waals surface area contributed by atoms with E-state index in [2.05, 4.69) is 36.1 Å². The minimum atomic E-state index is 0.240. The summed E-state index contributed by atoms with van der Waals surface area (Å²) in [4.78, 5) is 7.60. The molecule has 1 aromatic rings. The maximum absolute atomic E-state index is 4.39. The quantitative estimate of drug-likeness (QED) is 0.635. The SMILES string of the molecule is CC(C)(C)C1NCCc2[nH]cnc21. The van der Waals surface area contributed by atoms with Gasteiger partial charge in [-0.2, -0.15) is 0 Å². The topological polar surface area (TPSA) is 40.7 Å². The second-order valence-electron chi connectivity index (χ2n) is 4.77. The lowest BCUT2D eigenvalue weighted by molar-refractivity contribution is 0.258. The molecule has 3 nitrogen and oxygen atoms in total. The highest BCUT2D eigenvalue weighted by atomic mass is 15.0. The largest absolute Gasteiger partial charge is 0.348 e. The van der Waals surface area contributed by atoms with Crippen molar-refractivity contribution in [2.75, 3.05) is 6.54 Å². The van der Waals surface area contributed by atoms with Gasteiger partial charge in [0.2, 0.25) is 0 Å². The number of H-pyrrole nitrogens is 1. The van der Waals surface area contributed by atoms with Crippen LogP contribution in [0.15, 0.2) is 6.33 Å². The fourth-order valence-electron chi connectivity index (χ4n) is 1.94. The Hall–Kier alpha value is -0.830. The molecule has 1 atom stereocenters. The first-order chi connectivity index (χ1) is 6.09. The fourth-order valence-corrected chi connectivity index (χ4v) is 1.94. The first kappa shape index (κ1) is 8.75. The zero-order valence-electron chi connectivity index (χ0n) is 8.52. The fraction of sp³-hybridized carbons (Fsp3) is 0.700. The van der Waals surface area contributed by atoms with Gasteiger partial charge in [-0.25, -0.2) is 4.98 Å². The second-order valence-corrected chi connectivity index (χ2v) is 4.77. The Morgan fingerprint density at radius 2 is 2.23 bits per heavy atom. The molecule has 3 heteroatoms. The van der Waals surface area contributed by atoms with Gasteiger partial charge < -0.3 is 10.3 Å². The van der Waals surface area contributed by atoms with Gasteiger partial charge >= 0.3 is 0 Å². The van der Waals surface area contributed by atoms with Crippen molar-refractivity contribution in [1.29, 1.82) is 0 Å². The van der Waals surface area contributed by atoms with Crippen LogP contribution >= 0.6 is 0 Å². The van der Waals surface area contributed by atoms with Crippen LogP contribution in [0, 0.1) is 5.41 Å². The number of nitrogens with one attached hydrogen (secondary N) is 2. The molecule has 0 aromatic carbocycles. The predicted octanol–water partition coefficient (Wildman–Crippen LogP) is 1.64. The van der Waals surface area contributed by atoms with Crippen molar-refractivity contribution >= 4 is 0 Å².